The molecule has 0 atom stereocenters. The molecule has 1 amide bonds. The van der Waals surface area contributed by atoms with E-state index in [4.69, 9.17) is 0 Å². The molecule has 0 aliphatic carbocycles. The first-order valence-electron chi connectivity index (χ1n) is 6.43. The first-order chi connectivity index (χ1) is 8.84. The fourth-order valence-electron chi connectivity index (χ4n) is 2.40. The number of piperazine rings is 1. The van der Waals surface area contributed by atoms with Crippen LogP contribution in [0.25, 0.3) is 0 Å². The zero-order valence-corrected chi connectivity index (χ0v) is 10.3. The van der Waals surface area contributed by atoms with E-state index < -0.39 is 0 Å². The van der Waals surface area contributed by atoms with Crippen molar-refractivity contribution in [1.82, 2.24) is 15.3 Å². The van der Waals surface area contributed by atoms with E-state index in [1.807, 2.05) is 0 Å². The Balaban J connectivity index is 1.74. The molecular weight excluding hydrogens is 230 g/mol. The van der Waals surface area contributed by atoms with Gasteiger partial charge < -0.3 is 15.1 Å². The predicted molar refractivity (Wildman–Crippen MR) is 68.7 cm³/mol. The van der Waals surface area contributed by atoms with Gasteiger partial charge in [-0.1, -0.05) is 0 Å². The second-order valence-electron chi connectivity index (χ2n) is 4.63. The lowest BCUT2D eigenvalue weighted by atomic mass is 10.4. The van der Waals surface area contributed by atoms with E-state index in [2.05, 4.69) is 20.2 Å². The van der Waals surface area contributed by atoms with Crippen LogP contribution in [0.5, 0.6) is 0 Å². The van der Waals surface area contributed by atoms with Gasteiger partial charge in [0.2, 0.25) is 11.9 Å². The van der Waals surface area contributed by atoms with Crippen LogP contribution in [0.2, 0.25) is 0 Å². The van der Waals surface area contributed by atoms with Crippen molar-refractivity contribution in [3.63, 3.8) is 0 Å². The molecule has 0 spiro atoms. The van der Waals surface area contributed by atoms with Crippen LogP contribution in [-0.2, 0) is 4.79 Å². The number of carbonyl (C=O) groups excluding carboxylic acids is 1. The van der Waals surface area contributed by atoms with E-state index in [1.54, 1.807) is 17.3 Å². The zero-order chi connectivity index (χ0) is 12.4. The van der Waals surface area contributed by atoms with Crippen molar-refractivity contribution in [2.24, 2.45) is 0 Å². The molecule has 0 aromatic carbocycles. The van der Waals surface area contributed by atoms with E-state index in [-0.39, 0.29) is 5.91 Å². The van der Waals surface area contributed by atoms with Crippen LogP contribution >= 0.6 is 0 Å². The number of aromatic nitrogens is 2. The van der Waals surface area contributed by atoms with Gasteiger partial charge in [0.25, 0.3) is 0 Å². The predicted octanol–water partition coefficient (Wildman–Crippen LogP) is 0.0130. The number of anilines is 2. The maximum atomic E-state index is 11.6. The van der Waals surface area contributed by atoms with Gasteiger partial charge >= 0.3 is 0 Å². The van der Waals surface area contributed by atoms with E-state index >= 15 is 0 Å². The highest BCUT2D eigenvalue weighted by atomic mass is 16.2. The van der Waals surface area contributed by atoms with Crippen LogP contribution in [0.15, 0.2) is 12.4 Å². The molecule has 18 heavy (non-hydrogen) atoms. The van der Waals surface area contributed by atoms with Gasteiger partial charge in [0.1, 0.15) is 0 Å². The summed E-state index contributed by atoms with van der Waals surface area (Å²) in [5.74, 6) is 0.931. The molecule has 0 radical (unpaired) electrons. The molecular formula is C12H17N5O. The second-order valence-corrected chi connectivity index (χ2v) is 4.63. The Labute approximate surface area is 106 Å². The van der Waals surface area contributed by atoms with Gasteiger partial charge in [-0.25, -0.2) is 9.97 Å². The lowest BCUT2D eigenvalue weighted by Gasteiger charge is -2.27. The molecule has 1 N–H and O–H groups in total. The summed E-state index contributed by atoms with van der Waals surface area (Å²) in [6.45, 7) is 4.59. The zero-order valence-electron chi connectivity index (χ0n) is 10.3. The maximum Gasteiger partial charge on any atom is 0.227 e. The van der Waals surface area contributed by atoms with Gasteiger partial charge in [0.15, 0.2) is 0 Å². The largest absolute Gasteiger partial charge is 0.338 e. The van der Waals surface area contributed by atoms with Gasteiger partial charge in [-0.3, -0.25) is 4.79 Å². The summed E-state index contributed by atoms with van der Waals surface area (Å²) in [7, 11) is 0. The number of hydrogen-bond acceptors (Lipinski definition) is 5. The first kappa shape index (κ1) is 11.4. The minimum Gasteiger partial charge on any atom is -0.338 e. The molecule has 1 aromatic rings. The Morgan fingerprint density at radius 2 is 1.83 bits per heavy atom. The summed E-state index contributed by atoms with van der Waals surface area (Å²) in [5.41, 5.74) is 0.816. The highest BCUT2D eigenvalue weighted by Crippen LogP contribution is 2.20. The monoisotopic (exact) mass is 247 g/mol. The highest BCUT2D eigenvalue weighted by Gasteiger charge is 2.22. The first-order valence-corrected chi connectivity index (χ1v) is 6.43. The molecule has 1 aromatic heterocycles. The summed E-state index contributed by atoms with van der Waals surface area (Å²) in [4.78, 5) is 24.3. The third-order valence-electron chi connectivity index (χ3n) is 3.41. The molecule has 96 valence electrons. The highest BCUT2D eigenvalue weighted by molar-refractivity contribution is 5.95. The molecule has 6 nitrogen and oxygen atoms in total. The third kappa shape index (κ3) is 2.15. The van der Waals surface area contributed by atoms with Crippen molar-refractivity contribution < 1.29 is 4.79 Å². The van der Waals surface area contributed by atoms with Crippen molar-refractivity contribution in [2.75, 3.05) is 42.5 Å². The minimum atomic E-state index is 0.175. The number of nitrogens with zero attached hydrogens (tertiary/aromatic N) is 4. The van der Waals surface area contributed by atoms with Gasteiger partial charge in [0, 0.05) is 39.1 Å². The SMILES string of the molecule is O=C1CCCN1c1cnc(N2CCNCC2)nc1. The molecule has 0 saturated carbocycles. The fraction of sp³-hybridized carbons (Fsp3) is 0.583. The van der Waals surface area contributed by atoms with Crippen molar-refractivity contribution >= 4 is 17.5 Å². The summed E-state index contributed by atoms with van der Waals surface area (Å²) in [6.07, 6.45) is 5.08. The number of carbonyl (C=O) groups is 1. The number of rotatable bonds is 2. The number of amides is 1. The van der Waals surface area contributed by atoms with Crippen LogP contribution in [0.3, 0.4) is 0 Å². The Morgan fingerprint density at radius 3 is 2.44 bits per heavy atom. The van der Waals surface area contributed by atoms with E-state index in [1.165, 1.54) is 0 Å². The van der Waals surface area contributed by atoms with Gasteiger partial charge in [0.05, 0.1) is 18.1 Å². The fourth-order valence-corrected chi connectivity index (χ4v) is 2.40. The van der Waals surface area contributed by atoms with Crippen molar-refractivity contribution in [1.29, 1.82) is 0 Å². The molecule has 6 heteroatoms. The average Bonchev–Trinajstić information content (AvgIpc) is 2.86. The number of nitrogens with one attached hydrogen (secondary N) is 1. The number of hydrogen-bond donors (Lipinski definition) is 1. The maximum absolute atomic E-state index is 11.6. The van der Waals surface area contributed by atoms with Crippen LogP contribution in [-0.4, -0.2) is 48.6 Å². The quantitative estimate of drug-likeness (QED) is 0.798. The molecule has 2 aliphatic rings. The van der Waals surface area contributed by atoms with Gasteiger partial charge in [-0.05, 0) is 6.42 Å². The molecule has 3 rings (SSSR count). The molecule has 0 bridgehead atoms. The van der Waals surface area contributed by atoms with Crippen LogP contribution in [0.1, 0.15) is 12.8 Å². The summed E-state index contributed by atoms with van der Waals surface area (Å²) >= 11 is 0. The molecule has 2 aliphatic heterocycles. The molecule has 0 unspecified atom stereocenters. The Bertz CT molecular complexity index is 427. The third-order valence-corrected chi connectivity index (χ3v) is 3.41. The second kappa shape index (κ2) is 4.89. The Morgan fingerprint density at radius 1 is 1.11 bits per heavy atom. The van der Waals surface area contributed by atoms with Crippen molar-refractivity contribution in [3.05, 3.63) is 12.4 Å². The van der Waals surface area contributed by atoms with Gasteiger partial charge in [-0.15, -0.1) is 0 Å². The standard InChI is InChI=1S/C12H17N5O/c18-11-2-1-5-17(11)10-8-14-12(15-9-10)16-6-3-13-4-7-16/h8-9,13H,1-7H2. The van der Waals surface area contributed by atoms with E-state index in [0.29, 0.717) is 6.42 Å². The van der Waals surface area contributed by atoms with Crippen LogP contribution in [0, 0.1) is 0 Å². The molecule has 3 heterocycles. The summed E-state index contributed by atoms with van der Waals surface area (Å²) in [5, 5.41) is 3.30. The topological polar surface area (TPSA) is 61.4 Å². The molecule has 2 saturated heterocycles. The average molecular weight is 247 g/mol. The lowest BCUT2D eigenvalue weighted by molar-refractivity contribution is -0.117. The van der Waals surface area contributed by atoms with Gasteiger partial charge in [-0.2, -0.15) is 0 Å². The summed E-state index contributed by atoms with van der Waals surface area (Å²) < 4.78 is 0. The Kier molecular flexibility index (Phi) is 3.10. The van der Waals surface area contributed by atoms with Crippen LogP contribution in [0.4, 0.5) is 11.6 Å². The molecule has 2 fully saturated rings. The Hall–Kier alpha value is -1.69. The minimum absolute atomic E-state index is 0.175. The summed E-state index contributed by atoms with van der Waals surface area (Å²) in [6, 6.07) is 0. The normalized spacial score (nSPS) is 20.6. The van der Waals surface area contributed by atoms with Crippen molar-refractivity contribution in [2.45, 2.75) is 12.8 Å². The lowest BCUT2D eigenvalue weighted by Crippen LogP contribution is -2.44. The smallest absolute Gasteiger partial charge is 0.227 e. The van der Waals surface area contributed by atoms with Crippen LogP contribution < -0.4 is 15.1 Å². The van der Waals surface area contributed by atoms with Crippen molar-refractivity contribution in [3.8, 4) is 0 Å². The van der Waals surface area contributed by atoms with E-state index in [0.717, 1.165) is 50.8 Å². The van der Waals surface area contributed by atoms with E-state index in [9.17, 15) is 4.79 Å².